The molecule has 12 N–H and O–H groups in total. The van der Waals surface area contributed by atoms with Gasteiger partial charge in [-0.2, -0.15) is 0 Å². The molecule has 42 heavy (non-hydrogen) atoms. The van der Waals surface area contributed by atoms with Crippen molar-refractivity contribution in [2.75, 3.05) is 6.54 Å². The number of hydrogen-bond acceptors (Lipinski definition) is 7. The Balaban J connectivity index is 2.26. The van der Waals surface area contributed by atoms with Gasteiger partial charge in [0.1, 0.15) is 18.1 Å². The monoisotopic (exact) mass is 588 g/mol. The van der Waals surface area contributed by atoms with Crippen LogP contribution in [0.2, 0.25) is 0 Å². The lowest BCUT2D eigenvalue weighted by Crippen LogP contribution is -2.58. The van der Waals surface area contributed by atoms with Crippen LogP contribution in [0.4, 0.5) is 0 Å². The smallest absolute Gasteiger partial charge is 0.326 e. The van der Waals surface area contributed by atoms with Crippen molar-refractivity contribution >= 4 is 46.5 Å². The van der Waals surface area contributed by atoms with E-state index in [2.05, 4.69) is 25.9 Å². The van der Waals surface area contributed by atoms with Gasteiger partial charge in [0.2, 0.25) is 17.7 Å². The molecule has 2 rings (SSSR count). The lowest BCUT2D eigenvalue weighted by Gasteiger charge is -2.25. The number of aliphatic imine (C=N–C) groups is 1. The summed E-state index contributed by atoms with van der Waals surface area (Å²) in [4.78, 5) is 69.5. The van der Waals surface area contributed by atoms with E-state index in [-0.39, 0.29) is 37.7 Å². The van der Waals surface area contributed by atoms with Crippen LogP contribution in [-0.2, 0) is 30.4 Å². The van der Waals surface area contributed by atoms with Gasteiger partial charge in [-0.1, -0.05) is 32.0 Å². The summed E-state index contributed by atoms with van der Waals surface area (Å²) >= 11 is 0. The molecule has 15 heteroatoms. The van der Waals surface area contributed by atoms with Crippen molar-refractivity contribution < 1.29 is 34.2 Å². The number of carboxylic acids is 2. The second kappa shape index (κ2) is 16.0. The van der Waals surface area contributed by atoms with E-state index in [0.29, 0.717) is 12.0 Å². The molecule has 230 valence electrons. The number of nitrogens with two attached hydrogens (primary N) is 3. The molecule has 2 aromatic rings. The maximum Gasteiger partial charge on any atom is 0.326 e. The Hall–Kier alpha value is -4.66. The minimum Gasteiger partial charge on any atom is -0.481 e. The first-order valence-electron chi connectivity index (χ1n) is 13.5. The summed E-state index contributed by atoms with van der Waals surface area (Å²) in [6.07, 6.45) is 1.36. The first-order valence-corrected chi connectivity index (χ1v) is 13.5. The highest BCUT2D eigenvalue weighted by Gasteiger charge is 2.32. The Kier molecular flexibility index (Phi) is 12.7. The number of para-hydroxylation sites is 1. The number of carbonyl (C=O) groups is 5. The lowest BCUT2D eigenvalue weighted by atomic mass is 10.0. The zero-order valence-corrected chi connectivity index (χ0v) is 23.6. The van der Waals surface area contributed by atoms with E-state index in [9.17, 15) is 34.2 Å². The number of nitrogens with one attached hydrogen (secondary N) is 4. The summed E-state index contributed by atoms with van der Waals surface area (Å²) in [5, 5.41) is 27.0. The highest BCUT2D eigenvalue weighted by molar-refractivity contribution is 5.96. The zero-order valence-electron chi connectivity index (χ0n) is 23.6. The van der Waals surface area contributed by atoms with Crippen LogP contribution in [0.15, 0.2) is 35.5 Å². The maximum atomic E-state index is 13.5. The lowest BCUT2D eigenvalue weighted by molar-refractivity contribution is -0.143. The van der Waals surface area contributed by atoms with Crippen molar-refractivity contribution in [1.29, 1.82) is 0 Å². The van der Waals surface area contributed by atoms with Gasteiger partial charge in [0.25, 0.3) is 0 Å². The van der Waals surface area contributed by atoms with Gasteiger partial charge in [-0.05, 0) is 36.8 Å². The number of benzene rings is 1. The summed E-state index contributed by atoms with van der Waals surface area (Å²) < 4.78 is 0. The number of nitrogens with zero attached hydrogens (tertiary/aromatic N) is 1. The van der Waals surface area contributed by atoms with Crippen molar-refractivity contribution in [2.24, 2.45) is 28.1 Å². The van der Waals surface area contributed by atoms with Gasteiger partial charge >= 0.3 is 11.9 Å². The van der Waals surface area contributed by atoms with Gasteiger partial charge in [-0.25, -0.2) is 4.79 Å². The molecule has 0 saturated carbocycles. The van der Waals surface area contributed by atoms with E-state index >= 15 is 0 Å². The molecule has 15 nitrogen and oxygen atoms in total. The predicted octanol–water partition coefficient (Wildman–Crippen LogP) is -0.849. The Morgan fingerprint density at radius 3 is 2.17 bits per heavy atom. The molecule has 0 aliphatic heterocycles. The van der Waals surface area contributed by atoms with E-state index in [0.717, 1.165) is 10.9 Å². The van der Waals surface area contributed by atoms with Gasteiger partial charge in [0, 0.05) is 30.1 Å². The van der Waals surface area contributed by atoms with E-state index in [4.69, 9.17) is 17.2 Å². The molecule has 0 bridgehead atoms. The molecule has 0 aliphatic rings. The fraction of sp³-hybridized carbons (Fsp3) is 0.481. The summed E-state index contributed by atoms with van der Waals surface area (Å²) in [5.74, 6) is -5.29. The molecular formula is C27H40N8O7. The minimum absolute atomic E-state index is 0.0000612. The number of rotatable bonds is 17. The van der Waals surface area contributed by atoms with Gasteiger partial charge in [-0.15, -0.1) is 0 Å². The fourth-order valence-electron chi connectivity index (χ4n) is 4.31. The fourth-order valence-corrected chi connectivity index (χ4v) is 4.31. The second-order valence-corrected chi connectivity index (χ2v) is 10.4. The number of amides is 3. The SMILES string of the molecule is CC(C)CC(N)C(=O)NC(Cc1c[nH]c2ccccc12)C(=O)NC(CC(=O)O)C(=O)NC(CCCN=C(N)N)C(=O)O. The van der Waals surface area contributed by atoms with E-state index in [1.807, 2.05) is 38.1 Å². The van der Waals surface area contributed by atoms with Crippen molar-refractivity contribution in [3.63, 3.8) is 0 Å². The average molecular weight is 589 g/mol. The van der Waals surface area contributed by atoms with Crippen LogP contribution >= 0.6 is 0 Å². The van der Waals surface area contributed by atoms with Crippen molar-refractivity contribution in [3.8, 4) is 0 Å². The number of fused-ring (bicyclic) bond motifs is 1. The summed E-state index contributed by atoms with van der Waals surface area (Å²) in [6.45, 7) is 3.90. The van der Waals surface area contributed by atoms with Gasteiger partial charge in [0.05, 0.1) is 12.5 Å². The van der Waals surface area contributed by atoms with Crippen molar-refractivity contribution in [1.82, 2.24) is 20.9 Å². The molecule has 0 saturated heterocycles. The molecule has 0 aliphatic carbocycles. The number of hydrogen-bond donors (Lipinski definition) is 9. The maximum absolute atomic E-state index is 13.5. The molecule has 1 heterocycles. The third kappa shape index (κ3) is 10.7. The van der Waals surface area contributed by atoms with Gasteiger partial charge in [-0.3, -0.25) is 24.2 Å². The Morgan fingerprint density at radius 2 is 1.55 bits per heavy atom. The number of H-pyrrole nitrogens is 1. The van der Waals surface area contributed by atoms with Crippen LogP contribution in [0.3, 0.4) is 0 Å². The van der Waals surface area contributed by atoms with Crippen molar-refractivity contribution in [2.45, 2.75) is 70.1 Å². The van der Waals surface area contributed by atoms with Crippen LogP contribution in [0.25, 0.3) is 10.9 Å². The van der Waals surface area contributed by atoms with Crippen LogP contribution in [0.5, 0.6) is 0 Å². The van der Waals surface area contributed by atoms with Gasteiger partial charge in [0.15, 0.2) is 5.96 Å². The number of aromatic amines is 1. The standard InChI is InChI=1S/C27H40N8O7/c1-14(2)10-17(28)23(38)34-20(11-15-13-32-18-7-4-3-6-16(15)18)24(39)35-21(12-22(36)37)25(40)33-19(26(41)42)8-5-9-31-27(29)30/h3-4,6-7,13-14,17,19-21,32H,5,8-12,28H2,1-2H3,(H,33,40)(H,34,38)(H,35,39)(H,36,37)(H,41,42)(H4,29,30,31). The summed E-state index contributed by atoms with van der Waals surface area (Å²) in [6, 6.07) is 2.16. The van der Waals surface area contributed by atoms with Gasteiger partial charge < -0.3 is 48.3 Å². The highest BCUT2D eigenvalue weighted by atomic mass is 16.4. The number of aromatic nitrogens is 1. The van der Waals surface area contributed by atoms with E-state index in [1.54, 1.807) is 6.20 Å². The third-order valence-electron chi connectivity index (χ3n) is 6.37. The zero-order chi connectivity index (χ0) is 31.4. The number of carbonyl (C=O) groups excluding carboxylic acids is 3. The third-order valence-corrected chi connectivity index (χ3v) is 6.37. The number of carboxylic acid groups (broad SMARTS) is 2. The molecule has 0 radical (unpaired) electrons. The minimum atomic E-state index is -1.64. The molecule has 4 unspecified atom stereocenters. The summed E-state index contributed by atoms with van der Waals surface area (Å²) in [5.41, 5.74) is 18.0. The Bertz CT molecular complexity index is 1290. The molecule has 0 spiro atoms. The number of aliphatic carboxylic acids is 2. The van der Waals surface area contributed by atoms with Crippen LogP contribution < -0.4 is 33.2 Å². The molecular weight excluding hydrogens is 548 g/mol. The molecule has 3 amide bonds. The highest BCUT2D eigenvalue weighted by Crippen LogP contribution is 2.19. The van der Waals surface area contributed by atoms with Crippen molar-refractivity contribution in [3.05, 3.63) is 36.0 Å². The second-order valence-electron chi connectivity index (χ2n) is 10.4. The summed E-state index contributed by atoms with van der Waals surface area (Å²) in [7, 11) is 0. The van der Waals surface area contributed by atoms with E-state index < -0.39 is 60.2 Å². The normalized spacial score (nSPS) is 13.9. The van der Waals surface area contributed by atoms with Crippen LogP contribution in [0.1, 0.15) is 45.1 Å². The molecule has 0 fully saturated rings. The topological polar surface area (TPSA) is 268 Å². The first-order chi connectivity index (χ1) is 19.8. The number of guanidine groups is 1. The molecule has 1 aromatic carbocycles. The quantitative estimate of drug-likeness (QED) is 0.0627. The first kappa shape index (κ1) is 33.5. The van der Waals surface area contributed by atoms with E-state index in [1.165, 1.54) is 0 Å². The molecule has 1 aromatic heterocycles. The average Bonchev–Trinajstić information content (AvgIpc) is 3.31. The van der Waals surface area contributed by atoms with Crippen LogP contribution in [-0.4, -0.2) is 81.5 Å². The Labute approximate surface area is 242 Å². The Morgan fingerprint density at radius 1 is 0.929 bits per heavy atom. The predicted molar refractivity (Wildman–Crippen MR) is 155 cm³/mol. The van der Waals surface area contributed by atoms with Crippen LogP contribution in [0, 0.1) is 5.92 Å². The largest absolute Gasteiger partial charge is 0.481 e. The molecule has 4 atom stereocenters.